The highest BCUT2D eigenvalue weighted by molar-refractivity contribution is 9.10. The number of nitrogens with zero attached hydrogens (tertiary/aromatic N) is 1. The Morgan fingerprint density at radius 2 is 1.76 bits per heavy atom. The fraction of sp³-hybridized carbons (Fsp3) is 0.143. The largest absolute Gasteiger partial charge is 0.398 e. The molecule has 0 aliphatic carbocycles. The Labute approximate surface area is 110 Å². The van der Waals surface area contributed by atoms with Crippen molar-refractivity contribution in [1.82, 2.24) is 0 Å². The second-order valence-corrected chi connectivity index (χ2v) is 4.80. The van der Waals surface area contributed by atoms with Crippen LogP contribution in [0.3, 0.4) is 0 Å². The molecule has 0 atom stereocenters. The number of para-hydroxylation sites is 1. The van der Waals surface area contributed by atoms with Crippen molar-refractivity contribution in [2.45, 2.75) is 6.54 Å². The van der Waals surface area contributed by atoms with E-state index >= 15 is 0 Å². The first-order chi connectivity index (χ1) is 8.18. The lowest BCUT2D eigenvalue weighted by Crippen LogP contribution is -2.16. The summed E-state index contributed by atoms with van der Waals surface area (Å²) in [4.78, 5) is 2.19. The summed E-state index contributed by atoms with van der Waals surface area (Å²) in [5, 5.41) is 0. The Bertz CT molecular complexity index is 497. The van der Waals surface area contributed by atoms with Gasteiger partial charge in [-0.25, -0.2) is 0 Å². The molecular formula is C14H15BrN2. The van der Waals surface area contributed by atoms with Crippen molar-refractivity contribution in [3.05, 3.63) is 58.6 Å². The van der Waals surface area contributed by atoms with Crippen LogP contribution < -0.4 is 10.6 Å². The van der Waals surface area contributed by atoms with Gasteiger partial charge in [0.25, 0.3) is 0 Å². The minimum absolute atomic E-state index is 0.781. The van der Waals surface area contributed by atoms with Gasteiger partial charge in [-0.15, -0.1) is 0 Å². The van der Waals surface area contributed by atoms with Crippen LogP contribution in [-0.4, -0.2) is 7.05 Å². The topological polar surface area (TPSA) is 29.3 Å². The van der Waals surface area contributed by atoms with Gasteiger partial charge in [0.1, 0.15) is 0 Å². The predicted octanol–water partition coefficient (Wildman–Crippen LogP) is 3.67. The molecule has 2 N–H and O–H groups in total. The fourth-order valence-electron chi connectivity index (χ4n) is 1.75. The maximum atomic E-state index is 5.87. The highest BCUT2D eigenvalue weighted by Gasteiger charge is 2.06. The Hall–Kier alpha value is -1.48. The molecule has 0 spiro atoms. The zero-order chi connectivity index (χ0) is 12.3. The molecule has 2 nitrogen and oxygen atoms in total. The lowest BCUT2D eigenvalue weighted by atomic mass is 10.2. The number of anilines is 2. The smallest absolute Gasteiger partial charge is 0.0461 e. The number of nitrogens with two attached hydrogens (primary N) is 1. The highest BCUT2D eigenvalue weighted by atomic mass is 79.9. The number of benzene rings is 2. The Balaban J connectivity index is 2.19. The van der Waals surface area contributed by atoms with Crippen LogP contribution in [0.25, 0.3) is 0 Å². The third-order valence-electron chi connectivity index (χ3n) is 2.71. The minimum Gasteiger partial charge on any atom is -0.398 e. The maximum absolute atomic E-state index is 5.87. The van der Waals surface area contributed by atoms with Crippen LogP contribution >= 0.6 is 15.9 Å². The van der Waals surface area contributed by atoms with Crippen LogP contribution in [-0.2, 0) is 6.54 Å². The number of nitrogen functional groups attached to an aromatic ring is 1. The van der Waals surface area contributed by atoms with Gasteiger partial charge in [0.05, 0.1) is 0 Å². The van der Waals surface area contributed by atoms with E-state index in [1.165, 1.54) is 11.3 Å². The van der Waals surface area contributed by atoms with Gasteiger partial charge in [-0.3, -0.25) is 0 Å². The number of hydrogen-bond acceptors (Lipinski definition) is 2. The van der Waals surface area contributed by atoms with E-state index in [1.807, 2.05) is 30.3 Å². The van der Waals surface area contributed by atoms with Crippen LogP contribution in [0.1, 0.15) is 5.56 Å². The summed E-state index contributed by atoms with van der Waals surface area (Å²) in [7, 11) is 2.07. The number of rotatable bonds is 3. The molecule has 0 saturated heterocycles. The zero-order valence-corrected chi connectivity index (χ0v) is 11.3. The number of hydrogen-bond donors (Lipinski definition) is 1. The fourth-order valence-corrected chi connectivity index (χ4v) is 2.14. The molecular weight excluding hydrogens is 276 g/mol. The lowest BCUT2D eigenvalue weighted by molar-refractivity contribution is 0.919. The summed E-state index contributed by atoms with van der Waals surface area (Å²) in [5.41, 5.74) is 9.04. The van der Waals surface area contributed by atoms with Crippen molar-refractivity contribution in [3.63, 3.8) is 0 Å². The van der Waals surface area contributed by atoms with E-state index in [9.17, 15) is 0 Å². The van der Waals surface area contributed by atoms with Crippen molar-refractivity contribution >= 4 is 27.3 Å². The van der Waals surface area contributed by atoms with E-state index in [0.717, 1.165) is 16.7 Å². The van der Waals surface area contributed by atoms with E-state index in [-0.39, 0.29) is 0 Å². The second-order valence-electron chi connectivity index (χ2n) is 4.01. The van der Waals surface area contributed by atoms with Crippen LogP contribution in [0.15, 0.2) is 53.0 Å². The monoisotopic (exact) mass is 290 g/mol. The summed E-state index contributed by atoms with van der Waals surface area (Å²) < 4.78 is 0.989. The zero-order valence-electron chi connectivity index (χ0n) is 9.73. The van der Waals surface area contributed by atoms with Crippen LogP contribution in [0.5, 0.6) is 0 Å². The van der Waals surface area contributed by atoms with E-state index in [1.54, 1.807) is 0 Å². The molecule has 0 amide bonds. The van der Waals surface area contributed by atoms with E-state index < -0.39 is 0 Å². The summed E-state index contributed by atoms with van der Waals surface area (Å²) in [6.07, 6.45) is 0. The normalized spacial score (nSPS) is 10.2. The van der Waals surface area contributed by atoms with E-state index in [4.69, 9.17) is 5.73 Å². The molecule has 2 rings (SSSR count). The van der Waals surface area contributed by atoms with Crippen molar-refractivity contribution < 1.29 is 0 Å². The molecule has 17 heavy (non-hydrogen) atoms. The van der Waals surface area contributed by atoms with Gasteiger partial charge in [-0.2, -0.15) is 0 Å². The Morgan fingerprint density at radius 3 is 2.47 bits per heavy atom. The van der Waals surface area contributed by atoms with E-state index in [0.29, 0.717) is 0 Å². The van der Waals surface area contributed by atoms with Crippen molar-refractivity contribution in [3.8, 4) is 0 Å². The Kier molecular flexibility index (Phi) is 3.69. The predicted molar refractivity (Wildman–Crippen MR) is 77.1 cm³/mol. The molecule has 0 fully saturated rings. The van der Waals surface area contributed by atoms with Gasteiger partial charge in [0.15, 0.2) is 0 Å². The van der Waals surface area contributed by atoms with Crippen molar-refractivity contribution in [2.24, 2.45) is 0 Å². The quantitative estimate of drug-likeness (QED) is 0.874. The molecule has 0 aromatic heterocycles. The molecule has 0 bridgehead atoms. The van der Waals surface area contributed by atoms with Gasteiger partial charge in [-0.1, -0.05) is 30.3 Å². The molecule has 3 heteroatoms. The van der Waals surface area contributed by atoms with Crippen LogP contribution in [0, 0.1) is 0 Å². The molecule has 2 aromatic carbocycles. The van der Waals surface area contributed by atoms with Gasteiger partial charge in [0.2, 0.25) is 0 Å². The van der Waals surface area contributed by atoms with Gasteiger partial charge in [0, 0.05) is 29.4 Å². The second kappa shape index (κ2) is 5.23. The minimum atomic E-state index is 0.781. The third-order valence-corrected chi connectivity index (χ3v) is 3.68. The molecule has 0 unspecified atom stereocenters. The standard InChI is InChI=1S/C14H15BrN2/c1-17(12-7-3-2-4-8-12)10-11-6-5-9-13(16)14(11)15/h2-9H,10,16H2,1H3. The average molecular weight is 291 g/mol. The van der Waals surface area contributed by atoms with E-state index in [2.05, 4.69) is 46.1 Å². The number of halogens is 1. The van der Waals surface area contributed by atoms with Crippen molar-refractivity contribution in [1.29, 1.82) is 0 Å². The SMILES string of the molecule is CN(Cc1cccc(N)c1Br)c1ccccc1. The van der Waals surface area contributed by atoms with Gasteiger partial charge >= 0.3 is 0 Å². The molecule has 0 aliphatic rings. The summed E-state index contributed by atoms with van der Waals surface area (Å²) >= 11 is 3.53. The summed E-state index contributed by atoms with van der Waals surface area (Å²) in [6.45, 7) is 0.829. The lowest BCUT2D eigenvalue weighted by Gasteiger charge is -2.20. The molecule has 0 radical (unpaired) electrons. The van der Waals surface area contributed by atoms with Gasteiger partial charge in [-0.05, 0) is 39.7 Å². The molecule has 0 heterocycles. The summed E-state index contributed by atoms with van der Waals surface area (Å²) in [5.74, 6) is 0. The molecule has 88 valence electrons. The third kappa shape index (κ3) is 2.80. The Morgan fingerprint density at radius 1 is 1.06 bits per heavy atom. The average Bonchev–Trinajstić information content (AvgIpc) is 2.36. The highest BCUT2D eigenvalue weighted by Crippen LogP contribution is 2.26. The first kappa shape index (κ1) is 12.0. The van der Waals surface area contributed by atoms with Crippen LogP contribution in [0.4, 0.5) is 11.4 Å². The molecule has 2 aromatic rings. The van der Waals surface area contributed by atoms with Gasteiger partial charge < -0.3 is 10.6 Å². The first-order valence-corrected chi connectivity index (χ1v) is 6.27. The molecule has 0 aliphatic heterocycles. The maximum Gasteiger partial charge on any atom is 0.0461 e. The van der Waals surface area contributed by atoms with Crippen LogP contribution in [0.2, 0.25) is 0 Å². The van der Waals surface area contributed by atoms with Crippen molar-refractivity contribution in [2.75, 3.05) is 17.7 Å². The summed E-state index contributed by atoms with van der Waals surface area (Å²) in [6, 6.07) is 16.3. The first-order valence-electron chi connectivity index (χ1n) is 5.47. The molecule has 0 saturated carbocycles.